The predicted molar refractivity (Wildman–Crippen MR) is 99.5 cm³/mol. The Morgan fingerprint density at radius 1 is 1.52 bits per heavy atom. The molecule has 0 fully saturated rings. The molecule has 0 aromatic rings. The molecule has 5 heteroatoms. The molecule has 0 saturated carbocycles. The largest absolute Gasteiger partial charge is 0.352 e. The van der Waals surface area contributed by atoms with Gasteiger partial charge in [0.1, 0.15) is 5.84 Å². The van der Waals surface area contributed by atoms with Gasteiger partial charge in [0.2, 0.25) is 0 Å². The number of allylic oxidation sites excluding steroid dienone is 3. The van der Waals surface area contributed by atoms with Crippen LogP contribution in [0.2, 0.25) is 0 Å². The van der Waals surface area contributed by atoms with Crippen molar-refractivity contribution in [1.82, 2.24) is 9.91 Å². The molecule has 4 N–H and O–H groups in total. The van der Waals surface area contributed by atoms with Gasteiger partial charge in [-0.05, 0) is 25.8 Å². The molecule has 23 heavy (non-hydrogen) atoms. The van der Waals surface area contributed by atoms with Crippen LogP contribution in [0.25, 0.3) is 0 Å². The van der Waals surface area contributed by atoms with Gasteiger partial charge in [-0.2, -0.15) is 5.10 Å². The Bertz CT molecular complexity index is 457. The lowest BCUT2D eigenvalue weighted by Crippen LogP contribution is -2.81. The lowest BCUT2D eigenvalue weighted by Gasteiger charge is -2.26. The number of rotatable bonds is 7. The Hall–Kier alpha value is -2.03. The zero-order valence-corrected chi connectivity index (χ0v) is 14.8. The molecule has 0 aliphatic carbocycles. The summed E-state index contributed by atoms with van der Waals surface area (Å²) in [6.45, 7) is 11.3. The average molecular weight is 318 g/mol. The summed E-state index contributed by atoms with van der Waals surface area (Å²) in [5.41, 5.74) is 6.76. The second-order valence-electron chi connectivity index (χ2n) is 5.05. The molecule has 0 aromatic carbocycles. The fourth-order valence-corrected chi connectivity index (χ4v) is 2.00. The number of hydrazone groups is 1. The smallest absolute Gasteiger partial charge is 0.139 e. The van der Waals surface area contributed by atoms with Crippen molar-refractivity contribution < 1.29 is 5.32 Å². The Morgan fingerprint density at radius 3 is 2.78 bits per heavy atom. The normalized spacial score (nSPS) is 14.0. The molecule has 0 atom stereocenters. The predicted octanol–water partition coefficient (Wildman–Crippen LogP) is 1.09. The van der Waals surface area contributed by atoms with Gasteiger partial charge in [0.05, 0.1) is 32.4 Å². The minimum absolute atomic E-state index is 0.436. The monoisotopic (exact) mass is 318 g/mol. The van der Waals surface area contributed by atoms with E-state index in [1.807, 2.05) is 17.3 Å². The third-order valence-corrected chi connectivity index (χ3v) is 3.08. The van der Waals surface area contributed by atoms with Gasteiger partial charge >= 0.3 is 0 Å². The minimum atomic E-state index is 0.436. The van der Waals surface area contributed by atoms with Crippen LogP contribution in [0.3, 0.4) is 0 Å². The standard InChI is InChI=1S/C15H27N5.C3H4/c1-4-10-19(12-9-17-3)15(13-16)18-20-11-7-5-6-8-14(20)2;1-3-2/h6-8,11,17H,2,4-5,9-10,12-13,16H2,1,3H3;1H,2H3/p+1/b18-15+;. The van der Waals surface area contributed by atoms with Crippen molar-refractivity contribution in [2.24, 2.45) is 10.8 Å². The quantitative estimate of drug-likeness (QED) is 0.420. The summed E-state index contributed by atoms with van der Waals surface area (Å²) in [5.74, 6) is 3.16. The topological polar surface area (TPSA) is 61.5 Å². The molecule has 1 rings (SSSR count). The van der Waals surface area contributed by atoms with Crippen LogP contribution in [-0.4, -0.2) is 49.0 Å². The van der Waals surface area contributed by atoms with Gasteiger partial charge in [-0.25, -0.2) is 5.01 Å². The molecule has 0 radical (unpaired) electrons. The lowest BCUT2D eigenvalue weighted by molar-refractivity contribution is -0.626. The van der Waals surface area contributed by atoms with E-state index in [2.05, 4.69) is 60.4 Å². The molecule has 5 nitrogen and oxygen atoms in total. The number of hydrogen-bond donors (Lipinski definition) is 2. The van der Waals surface area contributed by atoms with Gasteiger partial charge in [-0.3, -0.25) is 0 Å². The Balaban J connectivity index is 0.00000149. The van der Waals surface area contributed by atoms with E-state index in [1.54, 1.807) is 6.92 Å². The summed E-state index contributed by atoms with van der Waals surface area (Å²) in [6, 6.07) is 0. The van der Waals surface area contributed by atoms with Crippen LogP contribution in [0, 0.1) is 12.3 Å². The van der Waals surface area contributed by atoms with Crippen molar-refractivity contribution in [3.8, 4) is 12.3 Å². The fourth-order valence-electron chi connectivity index (χ4n) is 2.00. The first kappa shape index (κ1) is 21.0. The van der Waals surface area contributed by atoms with Crippen LogP contribution in [0.1, 0.15) is 26.7 Å². The van der Waals surface area contributed by atoms with Gasteiger partial charge in [0.15, 0.2) is 0 Å². The first-order valence-electron chi connectivity index (χ1n) is 8.13. The van der Waals surface area contributed by atoms with Gasteiger partial charge in [0.25, 0.3) is 0 Å². The van der Waals surface area contributed by atoms with E-state index < -0.39 is 0 Å². The van der Waals surface area contributed by atoms with Crippen LogP contribution in [0.4, 0.5) is 0 Å². The molecule has 0 unspecified atom stereocenters. The second-order valence-corrected chi connectivity index (χ2v) is 5.05. The molecule has 0 spiro atoms. The number of amidine groups is 1. The zero-order valence-electron chi connectivity index (χ0n) is 14.8. The van der Waals surface area contributed by atoms with E-state index in [0.29, 0.717) is 6.54 Å². The summed E-state index contributed by atoms with van der Waals surface area (Å²) in [6.07, 6.45) is 14.7. The van der Waals surface area contributed by atoms with E-state index in [9.17, 15) is 0 Å². The molecule has 1 aliphatic rings. The summed E-state index contributed by atoms with van der Waals surface area (Å²) >= 11 is 0. The molecule has 0 amide bonds. The summed E-state index contributed by atoms with van der Waals surface area (Å²) in [7, 11) is 2.08. The first-order valence-corrected chi connectivity index (χ1v) is 8.13. The highest BCUT2D eigenvalue weighted by molar-refractivity contribution is 5.84. The van der Waals surface area contributed by atoms with Crippen LogP contribution >= 0.6 is 0 Å². The highest BCUT2D eigenvalue weighted by Gasteiger charge is 2.12. The number of likely N-dealkylation sites (N-methyl/N-ethyl adjacent to an activating group) is 1. The number of quaternary nitrogens is 1. The molecule has 1 aliphatic heterocycles. The number of nitrogens with two attached hydrogens (primary N) is 2. The van der Waals surface area contributed by atoms with Crippen LogP contribution in [0.15, 0.2) is 41.8 Å². The van der Waals surface area contributed by atoms with Gasteiger partial charge in [-0.1, -0.05) is 25.7 Å². The number of terminal acetylenes is 1. The van der Waals surface area contributed by atoms with Crippen LogP contribution in [0.5, 0.6) is 0 Å². The van der Waals surface area contributed by atoms with Crippen molar-refractivity contribution in [3.63, 3.8) is 0 Å². The highest BCUT2D eigenvalue weighted by Crippen LogP contribution is 2.11. The third kappa shape index (κ3) is 8.87. The molecular weight excluding hydrogens is 286 g/mol. The van der Waals surface area contributed by atoms with E-state index in [4.69, 9.17) is 5.73 Å². The fraction of sp³-hybridized carbons (Fsp3) is 0.500. The molecule has 0 aromatic heterocycles. The summed E-state index contributed by atoms with van der Waals surface area (Å²) in [4.78, 5) is 2.26. The van der Waals surface area contributed by atoms with E-state index in [1.165, 1.54) is 0 Å². The Labute approximate surface area is 141 Å². The van der Waals surface area contributed by atoms with Gasteiger partial charge in [-0.15, -0.1) is 12.3 Å². The van der Waals surface area contributed by atoms with Crippen molar-refractivity contribution in [3.05, 3.63) is 36.7 Å². The maximum Gasteiger partial charge on any atom is 0.139 e. The Morgan fingerprint density at radius 2 is 2.22 bits per heavy atom. The van der Waals surface area contributed by atoms with E-state index in [0.717, 1.165) is 44.0 Å². The third-order valence-electron chi connectivity index (χ3n) is 3.08. The summed E-state index contributed by atoms with van der Waals surface area (Å²) < 4.78 is 0. The van der Waals surface area contributed by atoms with Gasteiger partial charge < -0.3 is 16.0 Å². The van der Waals surface area contributed by atoms with Crippen molar-refractivity contribution in [2.75, 3.05) is 33.2 Å². The minimum Gasteiger partial charge on any atom is -0.352 e. The average Bonchev–Trinajstić information content (AvgIpc) is 2.74. The molecular formula is C18H32N5+. The molecule has 128 valence electrons. The lowest BCUT2D eigenvalue weighted by atomic mass is 10.3. The molecule has 0 bridgehead atoms. The van der Waals surface area contributed by atoms with E-state index >= 15 is 0 Å². The second kappa shape index (κ2) is 13.6. The highest BCUT2D eigenvalue weighted by atomic mass is 15.5. The first-order chi connectivity index (χ1) is 11.1. The molecule has 1 heterocycles. The SMILES string of the molecule is C#CC.C=C1C=CCC=CN1/N=C(\CN)N(CCC)CC[NH2+]C. The van der Waals surface area contributed by atoms with Crippen LogP contribution < -0.4 is 11.1 Å². The van der Waals surface area contributed by atoms with Crippen molar-refractivity contribution in [2.45, 2.75) is 26.7 Å². The number of hydrogen-bond acceptors (Lipinski definition) is 3. The van der Waals surface area contributed by atoms with Crippen molar-refractivity contribution in [1.29, 1.82) is 0 Å². The maximum absolute atomic E-state index is 5.90. The summed E-state index contributed by atoms with van der Waals surface area (Å²) in [5, 5.41) is 8.65. The zero-order chi connectivity index (χ0) is 17.5. The molecule has 0 saturated heterocycles. The van der Waals surface area contributed by atoms with E-state index in [-0.39, 0.29) is 0 Å². The maximum atomic E-state index is 5.90. The van der Waals surface area contributed by atoms with Crippen LogP contribution in [-0.2, 0) is 0 Å². The van der Waals surface area contributed by atoms with Gasteiger partial charge in [0, 0.05) is 12.7 Å². The Kier molecular flexibility index (Phi) is 12.4. The van der Waals surface area contributed by atoms with Crippen molar-refractivity contribution >= 4 is 5.84 Å². The number of nitrogens with zero attached hydrogens (tertiary/aromatic N) is 3.